The van der Waals surface area contributed by atoms with Crippen LogP contribution in [0.3, 0.4) is 0 Å². The number of nitrogen functional groups attached to an aromatic ring is 1. The number of benzene rings is 2. The fraction of sp³-hybridized carbons (Fsp3) is 0. The van der Waals surface area contributed by atoms with E-state index in [0.29, 0.717) is 5.69 Å². The number of aromatic nitrogens is 2. The summed E-state index contributed by atoms with van der Waals surface area (Å²) in [6, 6.07) is 16.7. The molecule has 0 spiro atoms. The lowest BCUT2D eigenvalue weighted by Crippen LogP contribution is -2.02. The third-order valence-electron chi connectivity index (χ3n) is 3.90. The summed E-state index contributed by atoms with van der Waals surface area (Å²) in [7, 11) is 0. The lowest BCUT2D eigenvalue weighted by Gasteiger charge is -2.02. The van der Waals surface area contributed by atoms with Gasteiger partial charge in [0.15, 0.2) is 0 Å². The Hall–Kier alpha value is -4.14. The maximum absolute atomic E-state index is 11.0. The average Bonchev–Trinajstić information content (AvgIpc) is 3.04. The van der Waals surface area contributed by atoms with Crippen molar-refractivity contribution in [3.63, 3.8) is 0 Å². The molecule has 0 saturated carbocycles. The largest absolute Gasteiger partial charge is 0.382 e. The summed E-state index contributed by atoms with van der Waals surface area (Å²) in [5, 5.41) is 34.6. The molecule has 0 fully saturated rings. The molecule has 0 unspecified atom stereocenters. The van der Waals surface area contributed by atoms with E-state index in [1.54, 1.807) is 24.3 Å². The minimum absolute atomic E-state index is 0.000305. The quantitative estimate of drug-likeness (QED) is 0.407. The van der Waals surface area contributed by atoms with Gasteiger partial charge in [-0.1, -0.05) is 29.8 Å². The van der Waals surface area contributed by atoms with Crippen molar-refractivity contribution in [1.82, 2.24) is 9.78 Å². The molecule has 8 nitrogen and oxygen atoms in total. The first kappa shape index (κ1) is 18.6. The summed E-state index contributed by atoms with van der Waals surface area (Å²) < 4.78 is 1.36. The normalized spacial score (nSPS) is 10.9. The molecule has 1 aromatic heterocycles. The van der Waals surface area contributed by atoms with Gasteiger partial charge in [0.2, 0.25) is 0 Å². The minimum atomic E-state index is -0.567. The van der Waals surface area contributed by atoms with Crippen LogP contribution < -0.4 is 5.73 Å². The molecule has 0 atom stereocenters. The Labute approximate surface area is 164 Å². The van der Waals surface area contributed by atoms with E-state index in [4.69, 9.17) is 17.3 Å². The number of hydrogen-bond acceptors (Lipinski definition) is 6. The maximum atomic E-state index is 11.0. The molecule has 136 valence electrons. The van der Waals surface area contributed by atoms with Crippen LogP contribution in [0.15, 0.2) is 48.5 Å². The molecule has 0 aliphatic heterocycles. The Balaban J connectivity index is 2.18. The zero-order chi connectivity index (χ0) is 20.3. The smallest absolute Gasteiger partial charge is 0.270 e. The number of nitrogens with zero attached hydrogens (tertiary/aromatic N) is 5. The summed E-state index contributed by atoms with van der Waals surface area (Å²) in [5.74, 6) is 0.0787. The van der Waals surface area contributed by atoms with Gasteiger partial charge < -0.3 is 5.73 Å². The number of allylic oxidation sites excluding steroid dienone is 1. The zero-order valence-electron chi connectivity index (χ0n) is 14.2. The highest BCUT2D eigenvalue weighted by Gasteiger charge is 2.20. The summed E-state index contributed by atoms with van der Waals surface area (Å²) in [6.45, 7) is 0. The molecule has 3 aromatic rings. The molecule has 1 heterocycles. The second kappa shape index (κ2) is 7.62. The van der Waals surface area contributed by atoms with Crippen molar-refractivity contribution in [1.29, 1.82) is 10.5 Å². The van der Waals surface area contributed by atoms with Crippen LogP contribution in [0.2, 0.25) is 5.02 Å². The summed E-state index contributed by atoms with van der Waals surface area (Å²) >= 11 is 6.10. The average molecular weight is 391 g/mol. The van der Waals surface area contributed by atoms with Crippen LogP contribution in [0.1, 0.15) is 16.8 Å². The second-order valence-electron chi connectivity index (χ2n) is 5.60. The van der Waals surface area contributed by atoms with Crippen molar-refractivity contribution in [2.24, 2.45) is 0 Å². The number of para-hydroxylation sites is 1. The molecule has 0 aliphatic carbocycles. The lowest BCUT2D eigenvalue weighted by atomic mass is 10.1. The lowest BCUT2D eigenvalue weighted by molar-refractivity contribution is -0.384. The van der Waals surface area contributed by atoms with Gasteiger partial charge in [0.1, 0.15) is 29.2 Å². The molecule has 0 amide bonds. The molecule has 2 aromatic carbocycles. The highest BCUT2D eigenvalue weighted by Crippen LogP contribution is 2.30. The monoisotopic (exact) mass is 390 g/mol. The predicted molar refractivity (Wildman–Crippen MR) is 104 cm³/mol. The third kappa shape index (κ3) is 3.40. The Bertz CT molecular complexity index is 1190. The van der Waals surface area contributed by atoms with Gasteiger partial charge in [-0.05, 0) is 24.3 Å². The number of rotatable bonds is 4. The van der Waals surface area contributed by atoms with Gasteiger partial charge in [-0.2, -0.15) is 15.6 Å². The van der Waals surface area contributed by atoms with Crippen molar-refractivity contribution >= 4 is 34.8 Å². The van der Waals surface area contributed by atoms with Gasteiger partial charge in [0.05, 0.1) is 16.2 Å². The number of non-ortho nitro benzene ring substituents is 1. The Morgan fingerprint density at radius 3 is 2.57 bits per heavy atom. The second-order valence-corrected chi connectivity index (χ2v) is 6.01. The maximum Gasteiger partial charge on any atom is 0.270 e. The van der Waals surface area contributed by atoms with Crippen molar-refractivity contribution in [3.05, 3.63) is 80.5 Å². The van der Waals surface area contributed by atoms with E-state index in [2.05, 4.69) is 5.10 Å². The van der Waals surface area contributed by atoms with Gasteiger partial charge in [-0.15, -0.1) is 0 Å². The van der Waals surface area contributed by atoms with E-state index in [-0.39, 0.29) is 38.9 Å². The standard InChI is InChI=1S/C19H11ClN6O2/c20-17-7-6-15(26(27)28)9-12(17)8-13(10-21)18-16(11-22)19(23)25(24-18)14-4-2-1-3-5-14/h1-9H,23H2/b13-8+. The van der Waals surface area contributed by atoms with Crippen LogP contribution in [0, 0.1) is 32.8 Å². The van der Waals surface area contributed by atoms with E-state index in [0.717, 1.165) is 0 Å². The number of hydrogen-bond donors (Lipinski definition) is 1. The summed E-state index contributed by atoms with van der Waals surface area (Å²) in [4.78, 5) is 10.4. The Morgan fingerprint density at radius 2 is 1.96 bits per heavy atom. The molecule has 3 rings (SSSR count). The van der Waals surface area contributed by atoms with Crippen LogP contribution in [0.5, 0.6) is 0 Å². The Morgan fingerprint density at radius 1 is 1.25 bits per heavy atom. The summed E-state index contributed by atoms with van der Waals surface area (Å²) in [5.41, 5.74) is 6.84. The molecule has 28 heavy (non-hydrogen) atoms. The first-order valence-corrected chi connectivity index (χ1v) is 8.24. The number of anilines is 1. The molecule has 2 N–H and O–H groups in total. The first-order chi connectivity index (χ1) is 13.5. The fourth-order valence-electron chi connectivity index (χ4n) is 2.56. The molecule has 0 bridgehead atoms. The van der Waals surface area contributed by atoms with E-state index >= 15 is 0 Å². The number of nitro groups is 1. The van der Waals surface area contributed by atoms with E-state index in [1.165, 1.54) is 29.0 Å². The predicted octanol–water partition coefficient (Wildman–Crippen LogP) is 3.95. The van der Waals surface area contributed by atoms with Crippen LogP contribution in [-0.2, 0) is 0 Å². The highest BCUT2D eigenvalue weighted by atomic mass is 35.5. The van der Waals surface area contributed by atoms with Crippen molar-refractivity contribution < 1.29 is 4.92 Å². The van der Waals surface area contributed by atoms with Crippen molar-refractivity contribution in [2.75, 3.05) is 5.73 Å². The molecular weight excluding hydrogens is 380 g/mol. The topological polar surface area (TPSA) is 135 Å². The first-order valence-electron chi connectivity index (χ1n) is 7.86. The van der Waals surface area contributed by atoms with Crippen LogP contribution in [0.4, 0.5) is 11.5 Å². The summed E-state index contributed by atoms with van der Waals surface area (Å²) in [6.07, 6.45) is 1.34. The van der Waals surface area contributed by atoms with E-state index in [1.807, 2.05) is 18.2 Å². The number of halogens is 1. The molecule has 0 saturated heterocycles. The zero-order valence-corrected chi connectivity index (χ0v) is 15.0. The Kier molecular flexibility index (Phi) is 5.07. The fourth-order valence-corrected chi connectivity index (χ4v) is 2.73. The van der Waals surface area contributed by atoms with Crippen LogP contribution >= 0.6 is 11.6 Å². The van der Waals surface area contributed by atoms with E-state index < -0.39 is 4.92 Å². The van der Waals surface area contributed by atoms with Gasteiger partial charge >= 0.3 is 0 Å². The van der Waals surface area contributed by atoms with Gasteiger partial charge in [-0.25, -0.2) is 4.68 Å². The van der Waals surface area contributed by atoms with Crippen LogP contribution in [0.25, 0.3) is 17.3 Å². The molecule has 0 radical (unpaired) electrons. The van der Waals surface area contributed by atoms with Crippen LogP contribution in [-0.4, -0.2) is 14.7 Å². The third-order valence-corrected chi connectivity index (χ3v) is 4.24. The van der Waals surface area contributed by atoms with Crippen molar-refractivity contribution in [2.45, 2.75) is 0 Å². The highest BCUT2D eigenvalue weighted by molar-refractivity contribution is 6.32. The SMILES string of the molecule is N#C/C(=C\c1cc([N+](=O)[O-])ccc1Cl)c1nn(-c2ccccc2)c(N)c1C#N. The minimum Gasteiger partial charge on any atom is -0.382 e. The van der Waals surface area contributed by atoms with Gasteiger partial charge in [-0.3, -0.25) is 10.1 Å². The van der Waals surface area contributed by atoms with Gasteiger partial charge in [0.25, 0.3) is 5.69 Å². The molecule has 0 aliphatic rings. The van der Waals surface area contributed by atoms with E-state index in [9.17, 15) is 20.6 Å². The van der Waals surface area contributed by atoms with Gasteiger partial charge in [0, 0.05) is 22.7 Å². The molecular formula is C19H11ClN6O2. The molecule has 9 heteroatoms. The van der Waals surface area contributed by atoms with Crippen molar-refractivity contribution in [3.8, 4) is 17.8 Å². The number of nitro benzene ring substituents is 1. The number of nitriles is 2. The number of nitrogens with two attached hydrogens (primary N) is 1.